The van der Waals surface area contributed by atoms with Crippen molar-refractivity contribution in [3.63, 3.8) is 0 Å². The lowest BCUT2D eigenvalue weighted by Crippen LogP contribution is -2.26. The summed E-state index contributed by atoms with van der Waals surface area (Å²) in [6.07, 6.45) is 0. The van der Waals surface area contributed by atoms with Crippen LogP contribution in [0.15, 0.2) is 214 Å². The van der Waals surface area contributed by atoms with E-state index in [1.165, 1.54) is 26.8 Å². The number of furan rings is 1. The van der Waals surface area contributed by atoms with Gasteiger partial charge in [0.2, 0.25) is 0 Å². The lowest BCUT2D eigenvalue weighted by molar-refractivity contribution is 0.669. The summed E-state index contributed by atoms with van der Waals surface area (Å²) in [6.45, 7) is 0. The quantitative estimate of drug-likeness (QED) is 0.178. The molecule has 63 heavy (non-hydrogen) atoms. The second-order valence-electron chi connectivity index (χ2n) is 16.7. The van der Waals surface area contributed by atoms with E-state index in [0.29, 0.717) is 21.8 Å². The highest BCUT2D eigenvalue weighted by Crippen LogP contribution is 2.65. The van der Waals surface area contributed by atoms with Gasteiger partial charge in [0, 0.05) is 33.8 Å². The van der Waals surface area contributed by atoms with E-state index in [1.54, 1.807) is 6.07 Å². The molecule has 294 valence electrons. The Morgan fingerprint density at radius 3 is 1.81 bits per heavy atom. The van der Waals surface area contributed by atoms with Gasteiger partial charge >= 0.3 is 0 Å². The van der Waals surface area contributed by atoms with Gasteiger partial charge in [0.05, 0.1) is 32.9 Å². The minimum atomic E-state index is -0.728. The summed E-state index contributed by atoms with van der Waals surface area (Å²) in [4.78, 5) is 30.9. The summed E-state index contributed by atoms with van der Waals surface area (Å²) >= 11 is 0. The number of hydrogen-bond donors (Lipinski definition) is 0. The summed E-state index contributed by atoms with van der Waals surface area (Å²) in [6, 6.07) is 69.6. The largest absolute Gasteiger partial charge is 0.456 e. The van der Waals surface area contributed by atoms with Crippen LogP contribution in [-0.2, 0) is 5.41 Å². The SMILES string of the molecule is O=c1c2ccccc2n2c3cc4c(cc3c(=O)n12)-c1c(N(c2ccc(-c3ccccc3)cc2)c2ccc3c(c2)oc2ccccc23)cccc1C41c2ccccc2-c2ccccc21. The predicted octanol–water partition coefficient (Wildman–Crippen LogP) is 12.9. The first-order chi connectivity index (χ1) is 31.1. The van der Waals surface area contributed by atoms with Crippen LogP contribution in [0.25, 0.3) is 77.1 Å². The number of rotatable bonds is 4. The lowest BCUT2D eigenvalue weighted by atomic mass is 9.70. The maximum Gasteiger partial charge on any atom is 0.282 e. The predicted molar refractivity (Wildman–Crippen MR) is 253 cm³/mol. The van der Waals surface area contributed by atoms with Crippen molar-refractivity contribution in [2.24, 2.45) is 0 Å². The molecule has 0 N–H and O–H groups in total. The van der Waals surface area contributed by atoms with Crippen LogP contribution in [0, 0.1) is 0 Å². The maximum absolute atomic E-state index is 14.6. The molecule has 2 aliphatic rings. The van der Waals surface area contributed by atoms with Gasteiger partial charge in [-0.15, -0.1) is 0 Å². The Balaban J connectivity index is 1.11. The fourth-order valence-corrected chi connectivity index (χ4v) is 11.1. The van der Waals surface area contributed by atoms with E-state index in [4.69, 9.17) is 4.42 Å². The van der Waals surface area contributed by atoms with Gasteiger partial charge in [0.15, 0.2) is 0 Å². The molecule has 6 nitrogen and oxygen atoms in total. The number of fused-ring (bicyclic) bond motifs is 18. The molecule has 2 aliphatic carbocycles. The second-order valence-corrected chi connectivity index (χ2v) is 16.7. The molecule has 3 aromatic heterocycles. The highest BCUT2D eigenvalue weighted by molar-refractivity contribution is 6.08. The number of para-hydroxylation sites is 2. The lowest BCUT2D eigenvalue weighted by Gasteiger charge is -2.32. The molecule has 14 rings (SSSR count). The average molecular weight is 808 g/mol. The maximum atomic E-state index is 14.6. The fraction of sp³-hybridized carbons (Fsp3) is 0.0175. The van der Waals surface area contributed by atoms with Crippen LogP contribution >= 0.6 is 0 Å². The van der Waals surface area contributed by atoms with Crippen LogP contribution < -0.4 is 16.0 Å². The second kappa shape index (κ2) is 12.3. The topological polar surface area (TPSA) is 59.3 Å². The molecule has 1 spiro atoms. The molecule has 9 aromatic carbocycles. The molecule has 12 aromatic rings. The van der Waals surface area contributed by atoms with Crippen LogP contribution in [0.3, 0.4) is 0 Å². The molecule has 0 saturated carbocycles. The summed E-state index contributed by atoms with van der Waals surface area (Å²) in [5.74, 6) is 0. The zero-order valence-corrected chi connectivity index (χ0v) is 33.6. The number of nitrogens with zero attached hydrogens (tertiary/aromatic N) is 3. The highest BCUT2D eigenvalue weighted by atomic mass is 16.3. The molecule has 0 aliphatic heterocycles. The van der Waals surface area contributed by atoms with Crippen molar-refractivity contribution in [1.29, 1.82) is 0 Å². The molecule has 0 amide bonds. The van der Waals surface area contributed by atoms with E-state index in [-0.39, 0.29) is 11.1 Å². The van der Waals surface area contributed by atoms with E-state index in [2.05, 4.69) is 157 Å². The van der Waals surface area contributed by atoms with Crippen molar-refractivity contribution in [3.05, 3.63) is 243 Å². The van der Waals surface area contributed by atoms with E-state index >= 15 is 0 Å². The number of hydrogen-bond acceptors (Lipinski definition) is 4. The monoisotopic (exact) mass is 807 g/mol. The van der Waals surface area contributed by atoms with Gasteiger partial charge in [-0.2, -0.15) is 4.52 Å². The van der Waals surface area contributed by atoms with Gasteiger partial charge < -0.3 is 9.32 Å². The van der Waals surface area contributed by atoms with Gasteiger partial charge in [-0.3, -0.25) is 9.59 Å². The highest BCUT2D eigenvalue weighted by Gasteiger charge is 2.53. The molecule has 0 atom stereocenters. The van der Waals surface area contributed by atoms with Crippen LogP contribution in [0.4, 0.5) is 17.1 Å². The minimum absolute atomic E-state index is 0.314. The standard InChI is InChI=1S/C57H33N3O3/c61-55-42-18-6-10-22-49(42)59-51-33-48-43(32-44(51)56(62)60(55)59)54-47(57(48)45-19-8-4-15-38(45)39-16-5-9-20-46(39)57)21-12-23-50(54)58(36-27-25-35(26-28-36)34-13-2-1-3-14-34)37-29-30-41-40-17-7-11-24-52(40)63-53(41)31-37/h1-33H. The van der Waals surface area contributed by atoms with Crippen molar-refractivity contribution in [1.82, 2.24) is 9.03 Å². The summed E-state index contributed by atoms with van der Waals surface area (Å²) in [5, 5.41) is 3.14. The molecule has 0 unspecified atom stereocenters. The Morgan fingerprint density at radius 2 is 1.02 bits per heavy atom. The van der Waals surface area contributed by atoms with Crippen LogP contribution in [0.1, 0.15) is 22.3 Å². The molecule has 0 radical (unpaired) electrons. The Kier molecular flexibility index (Phi) is 6.69. The number of aromatic nitrogens is 2. The Labute approximate surface area is 359 Å². The third-order valence-electron chi connectivity index (χ3n) is 13.7. The molecule has 0 fully saturated rings. The van der Waals surface area contributed by atoms with Crippen molar-refractivity contribution >= 4 is 60.8 Å². The Hall–Kier alpha value is -8.48. The van der Waals surface area contributed by atoms with E-state index in [9.17, 15) is 9.59 Å². The van der Waals surface area contributed by atoms with Gasteiger partial charge in [0.1, 0.15) is 11.2 Å². The number of benzene rings is 9. The summed E-state index contributed by atoms with van der Waals surface area (Å²) in [7, 11) is 0. The van der Waals surface area contributed by atoms with Gasteiger partial charge in [-0.05, 0) is 111 Å². The molecule has 0 saturated heterocycles. The van der Waals surface area contributed by atoms with E-state index < -0.39 is 5.41 Å². The van der Waals surface area contributed by atoms with Gasteiger partial charge in [-0.25, -0.2) is 4.52 Å². The zero-order valence-electron chi connectivity index (χ0n) is 33.6. The van der Waals surface area contributed by atoms with Crippen molar-refractivity contribution in [2.75, 3.05) is 4.90 Å². The van der Waals surface area contributed by atoms with Crippen LogP contribution in [0.5, 0.6) is 0 Å². The normalized spacial score (nSPS) is 13.3. The molecule has 0 bridgehead atoms. The Bertz CT molecular complexity index is 3980. The van der Waals surface area contributed by atoms with Gasteiger partial charge in [0.25, 0.3) is 11.1 Å². The summed E-state index contributed by atoms with van der Waals surface area (Å²) < 4.78 is 9.66. The van der Waals surface area contributed by atoms with Gasteiger partial charge in [-0.1, -0.05) is 133 Å². The van der Waals surface area contributed by atoms with E-state index in [1.807, 2.05) is 47.0 Å². The van der Waals surface area contributed by atoms with Crippen LogP contribution in [-0.4, -0.2) is 9.03 Å². The first-order valence-corrected chi connectivity index (χ1v) is 21.3. The first-order valence-electron chi connectivity index (χ1n) is 21.3. The average Bonchev–Trinajstić information content (AvgIpc) is 4.10. The first kappa shape index (κ1) is 34.3. The summed E-state index contributed by atoms with van der Waals surface area (Å²) in [5.41, 5.74) is 15.7. The Morgan fingerprint density at radius 1 is 0.397 bits per heavy atom. The molecular weight excluding hydrogens is 775 g/mol. The molecule has 3 heterocycles. The fourth-order valence-electron chi connectivity index (χ4n) is 11.1. The van der Waals surface area contributed by atoms with Crippen LogP contribution in [0.2, 0.25) is 0 Å². The molecular formula is C57H33N3O3. The van der Waals surface area contributed by atoms with E-state index in [0.717, 1.165) is 72.4 Å². The molecule has 6 heteroatoms. The van der Waals surface area contributed by atoms with Crippen molar-refractivity contribution in [3.8, 4) is 33.4 Å². The minimum Gasteiger partial charge on any atom is -0.456 e. The zero-order chi connectivity index (χ0) is 41.6. The third kappa shape index (κ3) is 4.36. The number of anilines is 3. The van der Waals surface area contributed by atoms with Crippen molar-refractivity contribution < 1.29 is 4.42 Å². The third-order valence-corrected chi connectivity index (χ3v) is 13.7. The smallest absolute Gasteiger partial charge is 0.282 e. The van der Waals surface area contributed by atoms with Crippen molar-refractivity contribution in [2.45, 2.75) is 5.41 Å².